The number of benzene rings is 1. The van der Waals surface area contributed by atoms with Gasteiger partial charge in [0.2, 0.25) is 0 Å². The van der Waals surface area contributed by atoms with Crippen LogP contribution in [0.4, 0.5) is 4.39 Å². The molecule has 0 bridgehead atoms. The third-order valence-electron chi connectivity index (χ3n) is 1.96. The van der Waals surface area contributed by atoms with E-state index in [1.54, 1.807) is 6.07 Å². The molecule has 0 spiro atoms. The van der Waals surface area contributed by atoms with E-state index in [9.17, 15) is 9.18 Å². The van der Waals surface area contributed by atoms with Gasteiger partial charge >= 0.3 is 0 Å². The summed E-state index contributed by atoms with van der Waals surface area (Å²) in [6.07, 6.45) is 0. The van der Waals surface area contributed by atoms with Crippen LogP contribution in [0.3, 0.4) is 0 Å². The predicted octanol–water partition coefficient (Wildman–Crippen LogP) is 2.74. The van der Waals surface area contributed by atoms with E-state index in [2.05, 4.69) is 21.2 Å². The van der Waals surface area contributed by atoms with Crippen molar-refractivity contribution in [3.63, 3.8) is 0 Å². The first-order valence-electron chi connectivity index (χ1n) is 5.33. The van der Waals surface area contributed by atoms with E-state index in [0.717, 1.165) is 0 Å². The summed E-state index contributed by atoms with van der Waals surface area (Å²) in [5, 5.41) is 2.69. The van der Waals surface area contributed by atoms with Gasteiger partial charge in [-0.1, -0.05) is 29.8 Å². The van der Waals surface area contributed by atoms with Crippen LogP contribution in [0.2, 0.25) is 0 Å². The monoisotopic (exact) mass is 303 g/mol. The predicted molar refractivity (Wildman–Crippen MR) is 67.4 cm³/mol. The number of rotatable bonds is 5. The first-order valence-corrected chi connectivity index (χ1v) is 6.13. The van der Waals surface area contributed by atoms with E-state index < -0.39 is 5.82 Å². The molecule has 0 fully saturated rings. The van der Waals surface area contributed by atoms with Crippen LogP contribution in [0, 0.1) is 11.7 Å². The Kier molecular flexibility index (Phi) is 5.41. The molecule has 0 heterocycles. The Bertz CT molecular complexity index is 396. The highest BCUT2D eigenvalue weighted by Gasteiger charge is 2.07. The molecule has 0 atom stereocenters. The van der Waals surface area contributed by atoms with Gasteiger partial charge in [-0.3, -0.25) is 4.79 Å². The molecule has 0 aliphatic rings. The van der Waals surface area contributed by atoms with Crippen molar-refractivity contribution in [3.05, 3.63) is 28.5 Å². The zero-order valence-electron chi connectivity index (χ0n) is 9.80. The highest BCUT2D eigenvalue weighted by atomic mass is 79.9. The molecule has 94 valence electrons. The van der Waals surface area contributed by atoms with Crippen molar-refractivity contribution in [3.8, 4) is 5.75 Å². The molecule has 1 N–H and O–H groups in total. The van der Waals surface area contributed by atoms with Crippen LogP contribution in [-0.4, -0.2) is 19.1 Å². The van der Waals surface area contributed by atoms with Crippen molar-refractivity contribution in [1.29, 1.82) is 0 Å². The SMILES string of the molecule is CC(C)CNC(=O)COc1cc(Br)ccc1F. The second-order valence-electron chi connectivity index (χ2n) is 4.06. The smallest absolute Gasteiger partial charge is 0.257 e. The Morgan fingerprint density at radius 1 is 1.53 bits per heavy atom. The van der Waals surface area contributed by atoms with Crippen LogP contribution in [0.15, 0.2) is 22.7 Å². The molecule has 1 aromatic rings. The van der Waals surface area contributed by atoms with Crippen molar-refractivity contribution >= 4 is 21.8 Å². The van der Waals surface area contributed by atoms with Gasteiger partial charge in [0.05, 0.1) is 0 Å². The van der Waals surface area contributed by atoms with Gasteiger partial charge in [0.25, 0.3) is 5.91 Å². The fourth-order valence-corrected chi connectivity index (χ4v) is 1.44. The lowest BCUT2D eigenvalue weighted by Crippen LogP contribution is -2.31. The van der Waals surface area contributed by atoms with Gasteiger partial charge in [-0.2, -0.15) is 0 Å². The lowest BCUT2D eigenvalue weighted by atomic mass is 10.2. The van der Waals surface area contributed by atoms with E-state index in [0.29, 0.717) is 16.9 Å². The second-order valence-corrected chi connectivity index (χ2v) is 4.98. The quantitative estimate of drug-likeness (QED) is 0.908. The minimum Gasteiger partial charge on any atom is -0.481 e. The van der Waals surface area contributed by atoms with Crippen molar-refractivity contribution in [1.82, 2.24) is 5.32 Å². The molecule has 1 aromatic carbocycles. The van der Waals surface area contributed by atoms with Crippen molar-refractivity contribution in [2.75, 3.05) is 13.2 Å². The summed E-state index contributed by atoms with van der Waals surface area (Å²) in [7, 11) is 0. The highest BCUT2D eigenvalue weighted by molar-refractivity contribution is 9.10. The Morgan fingerprint density at radius 3 is 2.88 bits per heavy atom. The first kappa shape index (κ1) is 14.0. The normalized spacial score (nSPS) is 10.4. The summed E-state index contributed by atoms with van der Waals surface area (Å²) in [6, 6.07) is 4.34. The molecule has 0 aromatic heterocycles. The van der Waals surface area contributed by atoms with Crippen LogP contribution in [0.1, 0.15) is 13.8 Å². The maximum absolute atomic E-state index is 13.3. The summed E-state index contributed by atoms with van der Waals surface area (Å²) in [6.45, 7) is 4.40. The maximum Gasteiger partial charge on any atom is 0.257 e. The van der Waals surface area contributed by atoms with Gasteiger partial charge in [0.15, 0.2) is 18.2 Å². The fraction of sp³-hybridized carbons (Fsp3) is 0.417. The van der Waals surface area contributed by atoms with E-state index in [-0.39, 0.29) is 18.3 Å². The van der Waals surface area contributed by atoms with E-state index in [1.807, 2.05) is 13.8 Å². The average Bonchev–Trinajstić information content (AvgIpc) is 2.27. The average molecular weight is 304 g/mol. The number of carbonyl (C=O) groups is 1. The Morgan fingerprint density at radius 2 is 2.24 bits per heavy atom. The number of amides is 1. The number of carbonyl (C=O) groups excluding carboxylic acids is 1. The van der Waals surface area contributed by atoms with E-state index in [1.165, 1.54) is 12.1 Å². The van der Waals surface area contributed by atoms with Crippen molar-refractivity contribution in [2.45, 2.75) is 13.8 Å². The van der Waals surface area contributed by atoms with Crippen molar-refractivity contribution < 1.29 is 13.9 Å². The molecule has 1 amide bonds. The molecule has 0 radical (unpaired) electrons. The molecule has 0 aliphatic heterocycles. The minimum absolute atomic E-state index is 0.0686. The van der Waals surface area contributed by atoms with Gasteiger partial charge in [0.1, 0.15) is 0 Å². The largest absolute Gasteiger partial charge is 0.481 e. The fourth-order valence-electron chi connectivity index (χ4n) is 1.10. The van der Waals surface area contributed by atoms with Crippen LogP contribution >= 0.6 is 15.9 Å². The summed E-state index contributed by atoms with van der Waals surface area (Å²) < 4.78 is 19.1. The van der Waals surface area contributed by atoms with E-state index >= 15 is 0 Å². The lowest BCUT2D eigenvalue weighted by Gasteiger charge is -2.09. The molecule has 17 heavy (non-hydrogen) atoms. The number of hydrogen-bond acceptors (Lipinski definition) is 2. The maximum atomic E-state index is 13.3. The summed E-state index contributed by atoms with van der Waals surface area (Å²) in [5.41, 5.74) is 0. The molecule has 3 nitrogen and oxygen atoms in total. The molecular formula is C12H15BrFNO2. The Hall–Kier alpha value is -1.10. The summed E-state index contributed by atoms with van der Waals surface area (Å²) in [5.74, 6) is -0.288. The molecule has 0 aliphatic carbocycles. The Balaban J connectivity index is 2.44. The number of ether oxygens (including phenoxy) is 1. The first-order chi connectivity index (χ1) is 7.99. The van der Waals surface area contributed by atoms with Gasteiger partial charge in [-0.15, -0.1) is 0 Å². The zero-order chi connectivity index (χ0) is 12.8. The molecule has 1 rings (SSSR count). The number of nitrogens with one attached hydrogen (secondary N) is 1. The molecular weight excluding hydrogens is 289 g/mol. The summed E-state index contributed by atoms with van der Waals surface area (Å²) >= 11 is 3.21. The van der Waals surface area contributed by atoms with Crippen LogP contribution < -0.4 is 10.1 Å². The molecule has 0 saturated carbocycles. The molecule has 0 saturated heterocycles. The number of hydrogen-bond donors (Lipinski definition) is 1. The standard InChI is InChI=1S/C12H15BrFNO2/c1-8(2)6-15-12(16)7-17-11-5-9(13)3-4-10(11)14/h3-5,8H,6-7H2,1-2H3,(H,15,16). The third-order valence-corrected chi connectivity index (χ3v) is 2.45. The van der Waals surface area contributed by atoms with Crippen LogP contribution in [0.5, 0.6) is 5.75 Å². The molecule has 0 unspecified atom stereocenters. The highest BCUT2D eigenvalue weighted by Crippen LogP contribution is 2.21. The number of halogens is 2. The van der Waals surface area contributed by atoms with Crippen molar-refractivity contribution in [2.24, 2.45) is 5.92 Å². The topological polar surface area (TPSA) is 38.3 Å². The summed E-state index contributed by atoms with van der Waals surface area (Å²) in [4.78, 5) is 11.3. The van der Waals surface area contributed by atoms with Crippen LogP contribution in [0.25, 0.3) is 0 Å². The van der Waals surface area contributed by atoms with Gasteiger partial charge in [-0.25, -0.2) is 4.39 Å². The van der Waals surface area contributed by atoms with Crippen LogP contribution in [-0.2, 0) is 4.79 Å². The third kappa shape index (κ3) is 5.17. The minimum atomic E-state index is -0.482. The van der Waals surface area contributed by atoms with E-state index in [4.69, 9.17) is 4.74 Å². The zero-order valence-corrected chi connectivity index (χ0v) is 11.4. The van der Waals surface area contributed by atoms with Gasteiger partial charge in [-0.05, 0) is 24.1 Å². The molecule has 5 heteroatoms. The van der Waals surface area contributed by atoms with Gasteiger partial charge < -0.3 is 10.1 Å². The lowest BCUT2D eigenvalue weighted by molar-refractivity contribution is -0.123. The Labute approximate surface area is 108 Å². The second kappa shape index (κ2) is 6.59. The van der Waals surface area contributed by atoms with Gasteiger partial charge in [0, 0.05) is 11.0 Å².